The molecule has 3 aromatic rings. The molecule has 2 amide bonds. The van der Waals surface area contributed by atoms with Crippen molar-refractivity contribution in [3.8, 4) is 0 Å². The van der Waals surface area contributed by atoms with E-state index in [4.69, 9.17) is 5.21 Å². The molecule has 0 saturated heterocycles. The van der Waals surface area contributed by atoms with Gasteiger partial charge in [0.15, 0.2) is 0 Å². The Labute approximate surface area is 166 Å². The summed E-state index contributed by atoms with van der Waals surface area (Å²) in [6.45, 7) is 2.32. The van der Waals surface area contributed by atoms with Gasteiger partial charge < -0.3 is 5.32 Å². The Bertz CT molecular complexity index is 995. The molecule has 0 radical (unpaired) electrons. The lowest BCUT2D eigenvalue weighted by molar-refractivity contribution is -0.115. The molecule has 0 atom stereocenters. The summed E-state index contributed by atoms with van der Waals surface area (Å²) >= 11 is 1.58. The Morgan fingerprint density at radius 3 is 2.57 bits per heavy atom. The van der Waals surface area contributed by atoms with E-state index < -0.39 is 5.91 Å². The summed E-state index contributed by atoms with van der Waals surface area (Å²) in [5.41, 5.74) is 5.17. The van der Waals surface area contributed by atoms with Crippen molar-refractivity contribution < 1.29 is 14.8 Å². The van der Waals surface area contributed by atoms with E-state index in [1.807, 2.05) is 30.5 Å². The molecular weight excluding hydrogens is 374 g/mol. The smallest absolute Gasteiger partial charge is 0.274 e. The normalized spacial score (nSPS) is 11.1. The SMILES string of the molecule is Cc1csc(C=C(C(=O)NCc2ccc(C(=O)NO)cc2)c2cccnc2)c1. The molecule has 6 nitrogen and oxygen atoms in total. The van der Waals surface area contributed by atoms with Crippen LogP contribution in [0.5, 0.6) is 0 Å². The maximum absolute atomic E-state index is 12.8. The number of hydrogen-bond acceptors (Lipinski definition) is 5. The molecule has 7 heteroatoms. The van der Waals surface area contributed by atoms with E-state index in [0.29, 0.717) is 17.7 Å². The van der Waals surface area contributed by atoms with E-state index in [0.717, 1.165) is 21.6 Å². The first-order chi connectivity index (χ1) is 13.6. The molecule has 3 N–H and O–H groups in total. The van der Waals surface area contributed by atoms with E-state index in [2.05, 4.69) is 10.3 Å². The summed E-state index contributed by atoms with van der Waals surface area (Å²) < 4.78 is 0. The Morgan fingerprint density at radius 1 is 1.18 bits per heavy atom. The van der Waals surface area contributed by atoms with Crippen molar-refractivity contribution in [3.05, 3.63) is 87.4 Å². The molecule has 2 aromatic heterocycles. The highest BCUT2D eigenvalue weighted by molar-refractivity contribution is 7.11. The number of rotatable bonds is 6. The largest absolute Gasteiger partial charge is 0.348 e. The summed E-state index contributed by atoms with van der Waals surface area (Å²) in [6.07, 6.45) is 5.19. The number of thiophene rings is 1. The van der Waals surface area contributed by atoms with Gasteiger partial charge in [0.05, 0.1) is 0 Å². The van der Waals surface area contributed by atoms with Crippen molar-refractivity contribution in [1.29, 1.82) is 0 Å². The van der Waals surface area contributed by atoms with Crippen LogP contribution in [0.4, 0.5) is 0 Å². The average molecular weight is 393 g/mol. The number of benzene rings is 1. The molecule has 0 saturated carbocycles. The highest BCUT2D eigenvalue weighted by Crippen LogP contribution is 2.22. The first-order valence-electron chi connectivity index (χ1n) is 8.55. The van der Waals surface area contributed by atoms with Crippen LogP contribution in [0.25, 0.3) is 11.6 Å². The third-order valence-corrected chi connectivity index (χ3v) is 5.02. The lowest BCUT2D eigenvalue weighted by Gasteiger charge is -2.10. The fraction of sp³-hybridized carbons (Fsp3) is 0.0952. The predicted molar refractivity (Wildman–Crippen MR) is 109 cm³/mol. The third-order valence-electron chi connectivity index (χ3n) is 4.03. The van der Waals surface area contributed by atoms with Crippen LogP contribution in [0.2, 0.25) is 0 Å². The molecule has 2 heterocycles. The van der Waals surface area contributed by atoms with Crippen molar-refractivity contribution >= 4 is 34.8 Å². The zero-order valence-corrected chi connectivity index (χ0v) is 16.0. The number of nitrogens with zero attached hydrogens (tertiary/aromatic N) is 1. The average Bonchev–Trinajstić information content (AvgIpc) is 3.15. The lowest BCUT2D eigenvalue weighted by atomic mass is 10.1. The second kappa shape index (κ2) is 9.07. The third kappa shape index (κ3) is 4.91. The summed E-state index contributed by atoms with van der Waals surface area (Å²) in [7, 11) is 0. The maximum atomic E-state index is 12.8. The first-order valence-corrected chi connectivity index (χ1v) is 9.43. The number of hydroxylamine groups is 1. The maximum Gasteiger partial charge on any atom is 0.274 e. The van der Waals surface area contributed by atoms with E-state index in [-0.39, 0.29) is 5.91 Å². The summed E-state index contributed by atoms with van der Waals surface area (Å²) in [5.74, 6) is -0.792. The van der Waals surface area contributed by atoms with Gasteiger partial charge in [-0.05, 0) is 53.8 Å². The fourth-order valence-corrected chi connectivity index (χ4v) is 3.42. The zero-order valence-electron chi connectivity index (χ0n) is 15.2. The molecule has 0 aliphatic rings. The van der Waals surface area contributed by atoms with Crippen molar-refractivity contribution in [2.45, 2.75) is 13.5 Å². The molecule has 0 aliphatic carbocycles. The van der Waals surface area contributed by atoms with Gasteiger partial charge in [-0.15, -0.1) is 11.3 Å². The fourth-order valence-electron chi connectivity index (χ4n) is 2.59. The molecule has 28 heavy (non-hydrogen) atoms. The van der Waals surface area contributed by atoms with Crippen LogP contribution < -0.4 is 10.8 Å². The summed E-state index contributed by atoms with van der Waals surface area (Å²) in [5, 5.41) is 13.6. The van der Waals surface area contributed by atoms with E-state index in [1.54, 1.807) is 59.5 Å². The van der Waals surface area contributed by atoms with Gasteiger partial charge in [0.2, 0.25) is 0 Å². The van der Waals surface area contributed by atoms with Gasteiger partial charge in [-0.2, -0.15) is 0 Å². The van der Waals surface area contributed by atoms with Crippen molar-refractivity contribution in [1.82, 2.24) is 15.8 Å². The zero-order chi connectivity index (χ0) is 19.9. The van der Waals surface area contributed by atoms with Gasteiger partial charge >= 0.3 is 0 Å². The van der Waals surface area contributed by atoms with Crippen LogP contribution in [0, 0.1) is 6.92 Å². The van der Waals surface area contributed by atoms with Gasteiger partial charge in [-0.1, -0.05) is 18.2 Å². The van der Waals surface area contributed by atoms with E-state index in [9.17, 15) is 9.59 Å². The minimum atomic E-state index is -0.580. The van der Waals surface area contributed by atoms with Crippen LogP contribution in [-0.2, 0) is 11.3 Å². The molecule has 0 aliphatic heterocycles. The minimum absolute atomic E-state index is 0.212. The van der Waals surface area contributed by atoms with Crippen LogP contribution in [0.1, 0.15) is 31.9 Å². The number of aryl methyl sites for hydroxylation is 1. The van der Waals surface area contributed by atoms with Crippen molar-refractivity contribution in [3.63, 3.8) is 0 Å². The highest BCUT2D eigenvalue weighted by Gasteiger charge is 2.13. The molecule has 0 unspecified atom stereocenters. The highest BCUT2D eigenvalue weighted by atomic mass is 32.1. The number of carbonyl (C=O) groups excluding carboxylic acids is 2. The van der Waals surface area contributed by atoms with Gasteiger partial charge in [0.25, 0.3) is 11.8 Å². The van der Waals surface area contributed by atoms with Crippen LogP contribution in [-0.4, -0.2) is 22.0 Å². The van der Waals surface area contributed by atoms with Gasteiger partial charge in [0.1, 0.15) is 0 Å². The Morgan fingerprint density at radius 2 is 1.96 bits per heavy atom. The van der Waals surface area contributed by atoms with Crippen LogP contribution in [0.15, 0.2) is 60.2 Å². The lowest BCUT2D eigenvalue weighted by Crippen LogP contribution is -2.24. The van der Waals surface area contributed by atoms with Crippen molar-refractivity contribution in [2.24, 2.45) is 0 Å². The van der Waals surface area contributed by atoms with E-state index in [1.165, 1.54) is 0 Å². The summed E-state index contributed by atoms with van der Waals surface area (Å²) in [4.78, 5) is 29.3. The molecular formula is C21H19N3O3S. The first kappa shape index (κ1) is 19.5. The number of pyridine rings is 1. The molecule has 0 bridgehead atoms. The standard InChI is InChI=1S/C21H19N3O3S/c1-14-9-18(28-13-14)10-19(17-3-2-8-22-12-17)21(26)23-11-15-4-6-16(7-5-15)20(25)24-27/h2-10,12-13,27H,11H2,1H3,(H,23,26)(H,24,25). The number of aromatic nitrogens is 1. The van der Waals surface area contributed by atoms with E-state index >= 15 is 0 Å². The van der Waals surface area contributed by atoms with Crippen LogP contribution >= 0.6 is 11.3 Å². The number of hydrogen-bond donors (Lipinski definition) is 3. The van der Waals surface area contributed by atoms with Gasteiger partial charge in [-0.3, -0.25) is 19.8 Å². The Hall–Kier alpha value is -3.29. The second-order valence-corrected chi connectivity index (χ2v) is 7.09. The topological polar surface area (TPSA) is 91.3 Å². The van der Waals surface area contributed by atoms with Crippen molar-refractivity contribution in [2.75, 3.05) is 0 Å². The minimum Gasteiger partial charge on any atom is -0.348 e. The quantitative estimate of drug-likeness (QED) is 0.340. The molecule has 0 spiro atoms. The number of nitrogens with one attached hydrogen (secondary N) is 2. The number of carbonyl (C=O) groups is 2. The second-order valence-electron chi connectivity index (χ2n) is 6.15. The number of amides is 2. The Balaban J connectivity index is 1.76. The van der Waals surface area contributed by atoms with Gasteiger partial charge in [0, 0.05) is 40.5 Å². The molecule has 3 rings (SSSR count). The molecule has 142 valence electrons. The van der Waals surface area contributed by atoms with Gasteiger partial charge in [-0.25, -0.2) is 5.48 Å². The molecule has 0 fully saturated rings. The monoisotopic (exact) mass is 393 g/mol. The molecule has 1 aromatic carbocycles. The van der Waals surface area contributed by atoms with Crippen LogP contribution in [0.3, 0.4) is 0 Å². The Kier molecular flexibility index (Phi) is 6.31. The predicted octanol–water partition coefficient (Wildman–Crippen LogP) is 3.43. The summed E-state index contributed by atoms with van der Waals surface area (Å²) in [6, 6.07) is 12.3.